The highest BCUT2D eigenvalue weighted by Gasteiger charge is 2.19. The van der Waals surface area contributed by atoms with Crippen LogP contribution in [0.3, 0.4) is 0 Å². The summed E-state index contributed by atoms with van der Waals surface area (Å²) in [6, 6.07) is 3.82. The smallest absolute Gasteiger partial charge is 0.250 e. The lowest BCUT2D eigenvalue weighted by molar-refractivity contribution is 0.1000. The number of carbonyl (C=O) groups is 1. The third kappa shape index (κ3) is 2.34. The Balaban J connectivity index is 3.40. The lowest BCUT2D eigenvalue weighted by Crippen LogP contribution is -2.23. The first kappa shape index (κ1) is 13.0. The fourth-order valence-electron chi connectivity index (χ4n) is 1.06. The molecular formula is C9H11ClN2O3S. The number of rotatable bonds is 3. The Bertz CT molecular complexity index is 526. The quantitative estimate of drug-likeness (QED) is 0.870. The molecule has 0 aliphatic carbocycles. The Kier molecular flexibility index (Phi) is 3.57. The van der Waals surface area contributed by atoms with Gasteiger partial charge in [-0.05, 0) is 18.2 Å². The Hall–Kier alpha value is -1.11. The summed E-state index contributed by atoms with van der Waals surface area (Å²) in [5, 5.41) is 0.130. The molecule has 1 amide bonds. The van der Waals surface area contributed by atoms with Crippen molar-refractivity contribution in [3.63, 3.8) is 0 Å². The maximum atomic E-state index is 11.7. The van der Waals surface area contributed by atoms with Gasteiger partial charge in [0.05, 0.1) is 15.5 Å². The van der Waals surface area contributed by atoms with Gasteiger partial charge in [0.15, 0.2) is 0 Å². The van der Waals surface area contributed by atoms with Crippen LogP contribution in [-0.2, 0) is 10.0 Å². The van der Waals surface area contributed by atoms with E-state index in [4.69, 9.17) is 17.3 Å². The van der Waals surface area contributed by atoms with Crippen LogP contribution < -0.4 is 5.73 Å². The van der Waals surface area contributed by atoms with Crippen molar-refractivity contribution in [1.29, 1.82) is 0 Å². The molecule has 0 unspecified atom stereocenters. The number of carbonyl (C=O) groups excluding carboxylic acids is 1. The van der Waals surface area contributed by atoms with E-state index in [2.05, 4.69) is 0 Å². The van der Waals surface area contributed by atoms with Crippen LogP contribution in [0, 0.1) is 0 Å². The van der Waals surface area contributed by atoms with Crippen LogP contribution >= 0.6 is 11.6 Å². The van der Waals surface area contributed by atoms with E-state index in [1.807, 2.05) is 0 Å². The lowest BCUT2D eigenvalue weighted by Gasteiger charge is -2.12. The van der Waals surface area contributed by atoms with Crippen LogP contribution in [0.4, 0.5) is 0 Å². The Labute approximate surface area is 98.9 Å². The van der Waals surface area contributed by atoms with Gasteiger partial charge in [-0.25, -0.2) is 12.7 Å². The van der Waals surface area contributed by atoms with Crippen LogP contribution in [0.5, 0.6) is 0 Å². The molecule has 0 bridgehead atoms. The van der Waals surface area contributed by atoms with Gasteiger partial charge in [0, 0.05) is 14.1 Å². The predicted octanol–water partition coefficient (Wildman–Crippen LogP) is 0.689. The molecule has 0 radical (unpaired) electrons. The zero-order valence-corrected chi connectivity index (χ0v) is 10.3. The van der Waals surface area contributed by atoms with Crippen molar-refractivity contribution in [3.8, 4) is 0 Å². The number of nitrogens with two attached hydrogens (primary N) is 1. The first-order valence-corrected chi connectivity index (χ1v) is 6.10. The number of amides is 1. The molecule has 0 saturated carbocycles. The van der Waals surface area contributed by atoms with Crippen molar-refractivity contribution in [1.82, 2.24) is 4.31 Å². The number of halogens is 1. The highest BCUT2D eigenvalue weighted by molar-refractivity contribution is 7.89. The van der Waals surface area contributed by atoms with Crippen LogP contribution in [0.1, 0.15) is 10.4 Å². The zero-order chi connectivity index (χ0) is 12.5. The normalized spacial score (nSPS) is 11.8. The van der Waals surface area contributed by atoms with E-state index in [0.29, 0.717) is 0 Å². The Morgan fingerprint density at radius 2 is 1.94 bits per heavy atom. The molecule has 0 saturated heterocycles. The summed E-state index contributed by atoms with van der Waals surface area (Å²) in [7, 11) is -0.789. The summed E-state index contributed by atoms with van der Waals surface area (Å²) >= 11 is 5.71. The van der Waals surface area contributed by atoms with E-state index in [1.165, 1.54) is 32.3 Å². The molecule has 2 N–H and O–H groups in total. The summed E-state index contributed by atoms with van der Waals surface area (Å²) in [6.45, 7) is 0. The van der Waals surface area contributed by atoms with Crippen LogP contribution in [-0.4, -0.2) is 32.7 Å². The van der Waals surface area contributed by atoms with Gasteiger partial charge in [0.1, 0.15) is 0 Å². The van der Waals surface area contributed by atoms with E-state index in [1.54, 1.807) is 0 Å². The minimum atomic E-state index is -3.58. The topological polar surface area (TPSA) is 80.5 Å². The van der Waals surface area contributed by atoms with Crippen LogP contribution in [0.2, 0.25) is 5.02 Å². The summed E-state index contributed by atoms with van der Waals surface area (Å²) < 4.78 is 24.5. The van der Waals surface area contributed by atoms with Crippen molar-refractivity contribution < 1.29 is 13.2 Å². The second kappa shape index (κ2) is 4.40. The average Bonchev–Trinajstić information content (AvgIpc) is 2.17. The van der Waals surface area contributed by atoms with E-state index >= 15 is 0 Å². The molecule has 0 aromatic heterocycles. The van der Waals surface area contributed by atoms with Crippen molar-refractivity contribution >= 4 is 27.5 Å². The number of benzene rings is 1. The van der Waals surface area contributed by atoms with Gasteiger partial charge in [-0.2, -0.15) is 0 Å². The van der Waals surface area contributed by atoms with Gasteiger partial charge >= 0.3 is 0 Å². The van der Waals surface area contributed by atoms with Gasteiger partial charge in [0.2, 0.25) is 15.9 Å². The van der Waals surface area contributed by atoms with Gasteiger partial charge in [0.25, 0.3) is 0 Å². The molecule has 0 spiro atoms. The van der Waals surface area contributed by atoms with E-state index in [0.717, 1.165) is 4.31 Å². The molecule has 16 heavy (non-hydrogen) atoms. The largest absolute Gasteiger partial charge is 0.366 e. The fourth-order valence-corrected chi connectivity index (χ4v) is 2.20. The molecule has 7 heteroatoms. The van der Waals surface area contributed by atoms with Crippen molar-refractivity contribution in [2.24, 2.45) is 5.73 Å². The molecule has 1 aromatic carbocycles. The SMILES string of the molecule is CN(C)S(=O)(=O)c1ccc(Cl)c(C(N)=O)c1. The van der Waals surface area contributed by atoms with Gasteiger partial charge in [-0.3, -0.25) is 4.79 Å². The number of hydrogen-bond donors (Lipinski definition) is 1. The Morgan fingerprint density at radius 3 is 2.38 bits per heavy atom. The molecular weight excluding hydrogens is 252 g/mol. The minimum absolute atomic E-state index is 0.00964. The molecule has 0 fully saturated rings. The molecule has 0 aliphatic heterocycles. The monoisotopic (exact) mass is 262 g/mol. The first-order chi connectivity index (χ1) is 7.26. The van der Waals surface area contributed by atoms with Crippen LogP contribution in [0.25, 0.3) is 0 Å². The standard InChI is InChI=1S/C9H11ClN2O3S/c1-12(2)16(14,15)6-3-4-8(10)7(5-6)9(11)13/h3-5H,1-2H3,(H2,11,13). The molecule has 5 nitrogen and oxygen atoms in total. The maximum absolute atomic E-state index is 11.7. The molecule has 0 atom stereocenters. The number of sulfonamides is 1. The van der Waals surface area contributed by atoms with E-state index in [9.17, 15) is 13.2 Å². The van der Waals surface area contributed by atoms with E-state index < -0.39 is 15.9 Å². The number of primary amides is 1. The molecule has 0 heterocycles. The minimum Gasteiger partial charge on any atom is -0.366 e. The highest BCUT2D eigenvalue weighted by Crippen LogP contribution is 2.21. The molecule has 0 aliphatic rings. The van der Waals surface area contributed by atoms with Gasteiger partial charge in [-0.15, -0.1) is 0 Å². The van der Waals surface area contributed by atoms with E-state index in [-0.39, 0.29) is 15.5 Å². The predicted molar refractivity (Wildman–Crippen MR) is 60.8 cm³/mol. The summed E-state index contributed by atoms with van der Waals surface area (Å²) in [4.78, 5) is 11.0. The van der Waals surface area contributed by atoms with Gasteiger partial charge in [-0.1, -0.05) is 11.6 Å². The summed E-state index contributed by atoms with van der Waals surface area (Å²) in [6.07, 6.45) is 0. The summed E-state index contributed by atoms with van der Waals surface area (Å²) in [5.41, 5.74) is 5.06. The third-order valence-corrected chi connectivity index (χ3v) is 4.12. The molecule has 88 valence electrons. The number of hydrogen-bond acceptors (Lipinski definition) is 3. The fraction of sp³-hybridized carbons (Fsp3) is 0.222. The molecule has 1 aromatic rings. The van der Waals surface area contributed by atoms with Crippen molar-refractivity contribution in [2.75, 3.05) is 14.1 Å². The van der Waals surface area contributed by atoms with Crippen molar-refractivity contribution in [3.05, 3.63) is 28.8 Å². The van der Waals surface area contributed by atoms with Crippen molar-refractivity contribution in [2.45, 2.75) is 4.90 Å². The third-order valence-electron chi connectivity index (χ3n) is 1.98. The highest BCUT2D eigenvalue weighted by atomic mass is 35.5. The maximum Gasteiger partial charge on any atom is 0.250 e. The van der Waals surface area contributed by atoms with Gasteiger partial charge < -0.3 is 5.73 Å². The average molecular weight is 263 g/mol. The zero-order valence-electron chi connectivity index (χ0n) is 8.77. The number of nitrogens with zero attached hydrogens (tertiary/aromatic N) is 1. The first-order valence-electron chi connectivity index (χ1n) is 4.28. The second-order valence-electron chi connectivity index (χ2n) is 3.29. The second-order valence-corrected chi connectivity index (χ2v) is 5.85. The Morgan fingerprint density at radius 1 is 1.38 bits per heavy atom. The molecule has 1 rings (SSSR count). The van der Waals surface area contributed by atoms with Crippen LogP contribution in [0.15, 0.2) is 23.1 Å². The lowest BCUT2D eigenvalue weighted by atomic mass is 10.2. The summed E-state index contributed by atoms with van der Waals surface area (Å²) in [5.74, 6) is -0.763.